The molecule has 0 saturated carbocycles. The Kier molecular flexibility index (Phi) is 13.0. The fourth-order valence-corrected chi connectivity index (χ4v) is 3.68. The van der Waals surface area contributed by atoms with Crippen molar-refractivity contribution in [3.63, 3.8) is 0 Å². The first kappa shape index (κ1) is 24.0. The van der Waals surface area contributed by atoms with E-state index in [2.05, 4.69) is 68.9 Å². The van der Waals surface area contributed by atoms with Crippen molar-refractivity contribution in [1.29, 1.82) is 0 Å². The largest absolute Gasteiger partial charge is 0.357 e. The van der Waals surface area contributed by atoms with E-state index in [9.17, 15) is 0 Å². The monoisotopic (exact) mass is 554 g/mol. The van der Waals surface area contributed by atoms with Gasteiger partial charge in [-0.3, -0.25) is 9.89 Å². The van der Waals surface area contributed by atoms with Crippen molar-refractivity contribution in [3.8, 4) is 0 Å². The molecule has 1 fully saturated rings. The fourth-order valence-electron chi connectivity index (χ4n) is 3.00. The first-order valence-corrected chi connectivity index (χ1v) is 11.4. The highest BCUT2D eigenvalue weighted by molar-refractivity contribution is 14.0. The van der Waals surface area contributed by atoms with Crippen molar-refractivity contribution in [2.45, 2.75) is 38.8 Å². The molecule has 1 heterocycles. The lowest BCUT2D eigenvalue weighted by Gasteiger charge is -2.33. The van der Waals surface area contributed by atoms with E-state index in [1.54, 1.807) is 0 Å². The fraction of sp³-hybridized carbons (Fsp3) is 0.632. The molecule has 7 heteroatoms. The maximum Gasteiger partial charge on any atom is 0.191 e. The van der Waals surface area contributed by atoms with Crippen LogP contribution in [-0.2, 0) is 6.54 Å². The number of rotatable bonds is 8. The second kappa shape index (κ2) is 14.1. The predicted octanol–water partition coefficient (Wildman–Crippen LogP) is 4.34. The molecule has 0 aliphatic carbocycles. The number of nitrogens with one attached hydrogen (secondary N) is 2. The SMILES string of the molecule is CCNC(=NCCCSC)NC1CCN(Cc2ccc(Br)cc2)CC1.I. The van der Waals surface area contributed by atoms with Crippen molar-refractivity contribution in [2.24, 2.45) is 4.99 Å². The van der Waals surface area contributed by atoms with Gasteiger partial charge >= 0.3 is 0 Å². The molecule has 1 aromatic rings. The minimum atomic E-state index is 0. The van der Waals surface area contributed by atoms with Crippen LogP contribution in [0.25, 0.3) is 0 Å². The molecule has 0 amide bonds. The van der Waals surface area contributed by atoms with Crippen LogP contribution in [0.1, 0.15) is 31.7 Å². The van der Waals surface area contributed by atoms with E-state index >= 15 is 0 Å². The number of hydrogen-bond acceptors (Lipinski definition) is 3. The molecular weight excluding hydrogens is 523 g/mol. The summed E-state index contributed by atoms with van der Waals surface area (Å²) in [5.41, 5.74) is 1.39. The van der Waals surface area contributed by atoms with Crippen LogP contribution in [0.4, 0.5) is 0 Å². The molecule has 26 heavy (non-hydrogen) atoms. The number of benzene rings is 1. The number of likely N-dealkylation sites (tertiary alicyclic amines) is 1. The summed E-state index contributed by atoms with van der Waals surface area (Å²) in [5, 5.41) is 7.00. The third-order valence-electron chi connectivity index (χ3n) is 4.37. The summed E-state index contributed by atoms with van der Waals surface area (Å²) >= 11 is 5.39. The summed E-state index contributed by atoms with van der Waals surface area (Å²) in [6.07, 6.45) is 5.64. The first-order chi connectivity index (χ1) is 12.2. The molecule has 2 N–H and O–H groups in total. The summed E-state index contributed by atoms with van der Waals surface area (Å²) in [5.74, 6) is 2.16. The molecule has 148 valence electrons. The van der Waals surface area contributed by atoms with Crippen LogP contribution >= 0.6 is 51.7 Å². The zero-order valence-corrected chi connectivity index (χ0v) is 20.6. The van der Waals surface area contributed by atoms with Crippen molar-refractivity contribution in [3.05, 3.63) is 34.3 Å². The van der Waals surface area contributed by atoms with Crippen molar-refractivity contribution < 1.29 is 0 Å². The quantitative estimate of drug-likeness (QED) is 0.217. The average Bonchev–Trinajstić information content (AvgIpc) is 2.62. The van der Waals surface area contributed by atoms with Crippen LogP contribution in [0.2, 0.25) is 0 Å². The van der Waals surface area contributed by atoms with Crippen molar-refractivity contribution in [2.75, 3.05) is 38.2 Å². The van der Waals surface area contributed by atoms with Gasteiger partial charge in [0.1, 0.15) is 0 Å². The predicted molar refractivity (Wildman–Crippen MR) is 130 cm³/mol. The summed E-state index contributed by atoms with van der Waals surface area (Å²) < 4.78 is 1.15. The van der Waals surface area contributed by atoms with Gasteiger partial charge in [0.25, 0.3) is 0 Å². The van der Waals surface area contributed by atoms with E-state index in [-0.39, 0.29) is 24.0 Å². The molecule has 1 saturated heterocycles. The highest BCUT2D eigenvalue weighted by Gasteiger charge is 2.20. The zero-order chi connectivity index (χ0) is 17.9. The van der Waals surface area contributed by atoms with Crippen molar-refractivity contribution in [1.82, 2.24) is 15.5 Å². The summed E-state index contributed by atoms with van der Waals surface area (Å²) in [7, 11) is 0. The van der Waals surface area contributed by atoms with E-state index in [0.717, 1.165) is 49.6 Å². The number of guanidine groups is 1. The van der Waals surface area contributed by atoms with Gasteiger partial charge in [-0.15, -0.1) is 24.0 Å². The van der Waals surface area contributed by atoms with E-state index < -0.39 is 0 Å². The Balaban J connectivity index is 0.00000338. The molecular formula is C19H32BrIN4S. The molecule has 4 nitrogen and oxygen atoms in total. The Morgan fingerprint density at radius 2 is 1.96 bits per heavy atom. The summed E-state index contributed by atoms with van der Waals surface area (Å²) in [6.45, 7) is 7.26. The second-order valence-electron chi connectivity index (χ2n) is 6.43. The van der Waals surface area contributed by atoms with Gasteiger partial charge in [0.05, 0.1) is 0 Å². The Morgan fingerprint density at radius 1 is 1.27 bits per heavy atom. The molecule has 0 aromatic heterocycles. The van der Waals surface area contributed by atoms with Gasteiger partial charge in [-0.1, -0.05) is 28.1 Å². The molecule has 0 spiro atoms. The van der Waals surface area contributed by atoms with Gasteiger partial charge in [-0.2, -0.15) is 11.8 Å². The van der Waals surface area contributed by atoms with Gasteiger partial charge in [-0.25, -0.2) is 0 Å². The molecule has 1 aromatic carbocycles. The third kappa shape index (κ3) is 9.28. The van der Waals surface area contributed by atoms with Crippen LogP contribution in [0.15, 0.2) is 33.7 Å². The van der Waals surface area contributed by atoms with Gasteiger partial charge in [0, 0.05) is 43.2 Å². The third-order valence-corrected chi connectivity index (χ3v) is 5.59. The van der Waals surface area contributed by atoms with Crippen LogP contribution < -0.4 is 10.6 Å². The van der Waals surface area contributed by atoms with Gasteiger partial charge < -0.3 is 10.6 Å². The van der Waals surface area contributed by atoms with Gasteiger partial charge in [0.2, 0.25) is 0 Å². The Hall–Kier alpha value is 0.01000. The molecule has 1 aliphatic heterocycles. The number of hydrogen-bond donors (Lipinski definition) is 2. The maximum absolute atomic E-state index is 4.70. The zero-order valence-electron chi connectivity index (χ0n) is 15.8. The highest BCUT2D eigenvalue weighted by Crippen LogP contribution is 2.16. The molecule has 0 atom stereocenters. The molecule has 0 radical (unpaired) electrons. The summed E-state index contributed by atoms with van der Waals surface area (Å²) in [6, 6.07) is 9.19. The lowest BCUT2D eigenvalue weighted by atomic mass is 10.0. The minimum absolute atomic E-state index is 0. The van der Waals surface area contributed by atoms with Crippen LogP contribution in [0.3, 0.4) is 0 Å². The number of nitrogens with zero attached hydrogens (tertiary/aromatic N) is 2. The number of aliphatic imine (C=N–C) groups is 1. The van der Waals surface area contributed by atoms with E-state index in [1.807, 2.05) is 11.8 Å². The first-order valence-electron chi connectivity index (χ1n) is 9.22. The number of piperidine rings is 1. The average molecular weight is 555 g/mol. The Bertz CT molecular complexity index is 519. The van der Waals surface area contributed by atoms with Crippen LogP contribution in [0.5, 0.6) is 0 Å². The topological polar surface area (TPSA) is 39.7 Å². The Morgan fingerprint density at radius 3 is 2.58 bits per heavy atom. The minimum Gasteiger partial charge on any atom is -0.357 e. The standard InChI is InChI=1S/C19H31BrN4S.HI/c1-3-21-19(22-11-4-14-25-2)23-18-9-12-24(13-10-18)15-16-5-7-17(20)8-6-16;/h5-8,18H,3-4,9-15H2,1-2H3,(H2,21,22,23);1H. The van der Waals surface area contributed by atoms with E-state index in [0.29, 0.717) is 6.04 Å². The number of thioether (sulfide) groups is 1. The van der Waals surface area contributed by atoms with Gasteiger partial charge in [-0.05, 0) is 55.9 Å². The highest BCUT2D eigenvalue weighted by atomic mass is 127. The van der Waals surface area contributed by atoms with Gasteiger partial charge in [0.15, 0.2) is 5.96 Å². The van der Waals surface area contributed by atoms with Crippen LogP contribution in [-0.4, -0.2) is 55.1 Å². The van der Waals surface area contributed by atoms with Crippen molar-refractivity contribution >= 4 is 57.6 Å². The normalized spacial score (nSPS) is 16.2. The van der Waals surface area contributed by atoms with Crippen LogP contribution in [0, 0.1) is 0 Å². The number of halogens is 2. The second-order valence-corrected chi connectivity index (χ2v) is 8.33. The smallest absolute Gasteiger partial charge is 0.191 e. The summed E-state index contributed by atoms with van der Waals surface area (Å²) in [4.78, 5) is 7.25. The molecule has 0 bridgehead atoms. The molecule has 1 aliphatic rings. The lowest BCUT2D eigenvalue weighted by molar-refractivity contribution is 0.198. The molecule has 2 rings (SSSR count). The molecule has 0 unspecified atom stereocenters. The maximum atomic E-state index is 4.70. The van der Waals surface area contributed by atoms with E-state index in [1.165, 1.54) is 24.2 Å². The lowest BCUT2D eigenvalue weighted by Crippen LogP contribution is -2.48. The Labute approximate surface area is 188 Å². The van der Waals surface area contributed by atoms with E-state index in [4.69, 9.17) is 4.99 Å².